The molecule has 0 saturated carbocycles. The van der Waals surface area contributed by atoms with Crippen molar-refractivity contribution in [2.45, 2.75) is 19.8 Å². The van der Waals surface area contributed by atoms with Gasteiger partial charge in [0, 0.05) is 30.0 Å². The Bertz CT molecular complexity index is 892. The second-order valence-electron chi connectivity index (χ2n) is 4.94. The third-order valence-corrected chi connectivity index (χ3v) is 3.51. The lowest BCUT2D eigenvalue weighted by molar-refractivity contribution is -0.274. The fourth-order valence-electron chi connectivity index (χ4n) is 2.48. The summed E-state index contributed by atoms with van der Waals surface area (Å²) in [4.78, 5) is 12.6. The number of ether oxygens (including phenoxy) is 1. The lowest BCUT2D eigenvalue weighted by Gasteiger charge is -2.11. The van der Waals surface area contributed by atoms with E-state index in [0.717, 1.165) is 5.39 Å². The van der Waals surface area contributed by atoms with Gasteiger partial charge in [0.2, 0.25) is 0 Å². The van der Waals surface area contributed by atoms with Crippen LogP contribution >= 0.6 is 0 Å². The zero-order valence-corrected chi connectivity index (χ0v) is 12.2. The molecular formula is C16H13F3N2O2. The van der Waals surface area contributed by atoms with Crippen molar-refractivity contribution in [2.24, 2.45) is 0 Å². The van der Waals surface area contributed by atoms with Crippen LogP contribution in [-0.4, -0.2) is 15.5 Å². The molecule has 0 amide bonds. The highest BCUT2D eigenvalue weighted by molar-refractivity contribution is 5.79. The standard InChI is InChI=1S/C16H13F3N2O2/c1-2-20-9-7-11-8-10-21(15(22)14(11)20)12-3-5-13(6-4-12)23-16(17,18)19/h3-10H,2H2,1H3. The number of alkyl halides is 3. The van der Waals surface area contributed by atoms with Crippen molar-refractivity contribution in [2.75, 3.05) is 0 Å². The van der Waals surface area contributed by atoms with Crippen LogP contribution in [0.2, 0.25) is 0 Å². The van der Waals surface area contributed by atoms with E-state index in [-0.39, 0.29) is 11.3 Å². The van der Waals surface area contributed by atoms with Crippen LogP contribution in [0.15, 0.2) is 53.6 Å². The number of aromatic nitrogens is 2. The van der Waals surface area contributed by atoms with Crippen molar-refractivity contribution in [3.8, 4) is 11.4 Å². The second kappa shape index (κ2) is 5.49. The zero-order chi connectivity index (χ0) is 16.6. The molecule has 0 atom stereocenters. The molecule has 0 spiro atoms. The SMILES string of the molecule is CCn1ccc2ccn(-c3ccc(OC(F)(F)F)cc3)c(=O)c21. The molecular weight excluding hydrogens is 309 g/mol. The van der Waals surface area contributed by atoms with E-state index in [2.05, 4.69) is 4.74 Å². The van der Waals surface area contributed by atoms with Gasteiger partial charge in [0.1, 0.15) is 11.3 Å². The van der Waals surface area contributed by atoms with Crippen LogP contribution in [0.1, 0.15) is 6.92 Å². The van der Waals surface area contributed by atoms with Crippen molar-refractivity contribution in [1.82, 2.24) is 9.13 Å². The Hall–Kier alpha value is -2.70. The minimum Gasteiger partial charge on any atom is -0.406 e. The first kappa shape index (κ1) is 15.2. The van der Waals surface area contributed by atoms with E-state index in [4.69, 9.17) is 0 Å². The molecule has 0 bridgehead atoms. The summed E-state index contributed by atoms with van der Waals surface area (Å²) in [6.07, 6.45) is -1.31. The first-order valence-corrected chi connectivity index (χ1v) is 6.96. The van der Waals surface area contributed by atoms with Gasteiger partial charge in [-0.2, -0.15) is 0 Å². The van der Waals surface area contributed by atoms with Crippen molar-refractivity contribution >= 4 is 10.9 Å². The van der Waals surface area contributed by atoms with Crippen LogP contribution in [0.3, 0.4) is 0 Å². The maximum Gasteiger partial charge on any atom is 0.573 e. The lowest BCUT2D eigenvalue weighted by atomic mass is 10.2. The van der Waals surface area contributed by atoms with Crippen LogP contribution in [0.5, 0.6) is 5.75 Å². The number of hydrogen-bond acceptors (Lipinski definition) is 2. The zero-order valence-electron chi connectivity index (χ0n) is 12.2. The first-order chi connectivity index (χ1) is 10.9. The molecule has 0 N–H and O–H groups in total. The monoisotopic (exact) mass is 322 g/mol. The molecule has 0 aliphatic carbocycles. The number of fused-ring (bicyclic) bond motifs is 1. The Morgan fingerprint density at radius 2 is 1.70 bits per heavy atom. The van der Waals surface area contributed by atoms with Crippen LogP contribution in [-0.2, 0) is 6.54 Å². The molecule has 0 fully saturated rings. The summed E-state index contributed by atoms with van der Waals surface area (Å²) >= 11 is 0. The van der Waals surface area contributed by atoms with E-state index in [1.807, 2.05) is 23.8 Å². The Morgan fingerprint density at radius 3 is 2.30 bits per heavy atom. The maximum absolute atomic E-state index is 12.6. The highest BCUT2D eigenvalue weighted by Crippen LogP contribution is 2.23. The second-order valence-corrected chi connectivity index (χ2v) is 4.94. The van der Waals surface area contributed by atoms with E-state index < -0.39 is 6.36 Å². The molecule has 120 valence electrons. The van der Waals surface area contributed by atoms with E-state index in [9.17, 15) is 18.0 Å². The van der Waals surface area contributed by atoms with Gasteiger partial charge in [-0.05, 0) is 43.3 Å². The summed E-state index contributed by atoms with van der Waals surface area (Å²) in [6, 6.07) is 8.82. The summed E-state index contributed by atoms with van der Waals surface area (Å²) in [5.74, 6) is -0.327. The van der Waals surface area contributed by atoms with Gasteiger partial charge in [0.25, 0.3) is 5.56 Å². The van der Waals surface area contributed by atoms with E-state index in [1.165, 1.54) is 28.8 Å². The molecule has 1 aromatic carbocycles. The number of halogens is 3. The minimum atomic E-state index is -4.74. The molecule has 0 aliphatic rings. The van der Waals surface area contributed by atoms with Gasteiger partial charge in [-0.1, -0.05) is 0 Å². The predicted molar refractivity (Wildman–Crippen MR) is 79.9 cm³/mol. The first-order valence-electron chi connectivity index (χ1n) is 6.96. The van der Waals surface area contributed by atoms with Crippen LogP contribution in [0.25, 0.3) is 16.6 Å². The van der Waals surface area contributed by atoms with Gasteiger partial charge in [0.05, 0.1) is 0 Å². The highest BCUT2D eigenvalue weighted by Gasteiger charge is 2.30. The van der Waals surface area contributed by atoms with Crippen molar-refractivity contribution in [3.05, 3.63) is 59.1 Å². The molecule has 0 unspecified atom stereocenters. The van der Waals surface area contributed by atoms with Crippen molar-refractivity contribution in [3.63, 3.8) is 0 Å². The van der Waals surface area contributed by atoms with Crippen LogP contribution in [0, 0.1) is 0 Å². The van der Waals surface area contributed by atoms with Crippen LogP contribution in [0.4, 0.5) is 13.2 Å². The molecule has 4 nitrogen and oxygen atoms in total. The number of pyridine rings is 1. The minimum absolute atomic E-state index is 0.223. The summed E-state index contributed by atoms with van der Waals surface area (Å²) in [5, 5.41) is 0.824. The van der Waals surface area contributed by atoms with Gasteiger partial charge in [0.15, 0.2) is 0 Å². The summed E-state index contributed by atoms with van der Waals surface area (Å²) in [6.45, 7) is 2.58. The van der Waals surface area contributed by atoms with Crippen LogP contribution < -0.4 is 10.3 Å². The quantitative estimate of drug-likeness (QED) is 0.737. The average Bonchev–Trinajstić information content (AvgIpc) is 2.91. The molecule has 2 aromatic heterocycles. The van der Waals surface area contributed by atoms with Gasteiger partial charge in [-0.25, -0.2) is 0 Å². The predicted octanol–water partition coefficient (Wildman–Crippen LogP) is 3.71. The Balaban J connectivity index is 2.03. The van der Waals surface area contributed by atoms with E-state index in [0.29, 0.717) is 17.7 Å². The smallest absolute Gasteiger partial charge is 0.406 e. The number of hydrogen-bond donors (Lipinski definition) is 0. The topological polar surface area (TPSA) is 36.2 Å². The third kappa shape index (κ3) is 2.94. The van der Waals surface area contributed by atoms with Gasteiger partial charge < -0.3 is 9.30 Å². The van der Waals surface area contributed by atoms with Crippen molar-refractivity contribution in [1.29, 1.82) is 0 Å². The average molecular weight is 322 g/mol. The third-order valence-electron chi connectivity index (χ3n) is 3.51. The maximum atomic E-state index is 12.6. The largest absolute Gasteiger partial charge is 0.573 e. The fraction of sp³-hybridized carbons (Fsp3) is 0.188. The number of nitrogens with zero attached hydrogens (tertiary/aromatic N) is 2. The van der Waals surface area contributed by atoms with Gasteiger partial charge >= 0.3 is 6.36 Å². The van der Waals surface area contributed by atoms with Crippen molar-refractivity contribution < 1.29 is 17.9 Å². The van der Waals surface area contributed by atoms with Gasteiger partial charge in [-0.3, -0.25) is 9.36 Å². The Labute approximate surface area is 129 Å². The lowest BCUT2D eigenvalue weighted by Crippen LogP contribution is -2.20. The molecule has 0 aliphatic heterocycles. The number of benzene rings is 1. The Morgan fingerprint density at radius 1 is 1.04 bits per heavy atom. The summed E-state index contributed by atoms with van der Waals surface area (Å²) in [7, 11) is 0. The number of aryl methyl sites for hydroxylation is 1. The molecule has 0 saturated heterocycles. The van der Waals surface area contributed by atoms with Gasteiger partial charge in [-0.15, -0.1) is 13.2 Å². The molecule has 23 heavy (non-hydrogen) atoms. The Kier molecular flexibility index (Phi) is 3.63. The fourth-order valence-corrected chi connectivity index (χ4v) is 2.48. The molecule has 3 aromatic rings. The summed E-state index contributed by atoms with van der Waals surface area (Å²) in [5.41, 5.74) is 0.805. The molecule has 2 heterocycles. The summed E-state index contributed by atoms with van der Waals surface area (Å²) < 4.78 is 43.6. The normalized spacial score (nSPS) is 11.8. The number of rotatable bonds is 3. The molecule has 7 heteroatoms. The molecule has 0 radical (unpaired) electrons. The highest BCUT2D eigenvalue weighted by atomic mass is 19.4. The molecule has 3 rings (SSSR count). The van der Waals surface area contributed by atoms with E-state index >= 15 is 0 Å². The van der Waals surface area contributed by atoms with E-state index in [1.54, 1.807) is 12.3 Å².